The number of rotatable bonds is 5. The van der Waals surface area contributed by atoms with Gasteiger partial charge < -0.3 is 5.32 Å². The summed E-state index contributed by atoms with van der Waals surface area (Å²) in [6.45, 7) is 3.64. The van der Waals surface area contributed by atoms with Gasteiger partial charge >= 0.3 is 0 Å². The standard InChI is InChI=1S/C15H13F2N7OS/c1-7-10(8(2)24-13(20-7)9(5-18)6-19-24)3-4-11(25)21-15-23-22-14(26-15)12(16)17/h6,12H,3-4H2,1-2H3,(H,21,23,25). The maximum atomic E-state index is 12.5. The first kappa shape index (κ1) is 17.8. The lowest BCUT2D eigenvalue weighted by Gasteiger charge is -2.10. The number of hydrogen-bond acceptors (Lipinski definition) is 7. The molecule has 11 heteroatoms. The van der Waals surface area contributed by atoms with Crippen molar-refractivity contribution in [1.29, 1.82) is 5.26 Å². The quantitative estimate of drug-likeness (QED) is 0.732. The van der Waals surface area contributed by atoms with Gasteiger partial charge in [-0.2, -0.15) is 10.4 Å². The van der Waals surface area contributed by atoms with Gasteiger partial charge in [0.05, 0.1) is 6.20 Å². The molecule has 0 bridgehead atoms. The third-order valence-corrected chi connectivity index (χ3v) is 4.65. The van der Waals surface area contributed by atoms with Crippen LogP contribution in [-0.4, -0.2) is 30.7 Å². The van der Waals surface area contributed by atoms with Crippen molar-refractivity contribution in [3.8, 4) is 6.07 Å². The van der Waals surface area contributed by atoms with Gasteiger partial charge in [0, 0.05) is 17.8 Å². The van der Waals surface area contributed by atoms with Crippen molar-refractivity contribution >= 4 is 28.0 Å². The Balaban J connectivity index is 1.72. The van der Waals surface area contributed by atoms with E-state index in [-0.39, 0.29) is 17.5 Å². The third-order valence-electron chi connectivity index (χ3n) is 3.80. The molecule has 0 aliphatic heterocycles. The van der Waals surface area contributed by atoms with E-state index in [1.165, 1.54) is 6.20 Å². The van der Waals surface area contributed by atoms with E-state index < -0.39 is 11.4 Å². The summed E-state index contributed by atoms with van der Waals surface area (Å²) in [6, 6.07) is 2.04. The van der Waals surface area contributed by atoms with Crippen LogP contribution in [0.25, 0.3) is 5.65 Å². The van der Waals surface area contributed by atoms with Gasteiger partial charge in [-0.15, -0.1) is 10.2 Å². The summed E-state index contributed by atoms with van der Waals surface area (Å²) >= 11 is 0.643. The summed E-state index contributed by atoms with van der Waals surface area (Å²) in [7, 11) is 0. The number of alkyl halides is 2. The van der Waals surface area contributed by atoms with Crippen molar-refractivity contribution in [1.82, 2.24) is 24.8 Å². The Hall–Kier alpha value is -3.00. The highest BCUT2D eigenvalue weighted by atomic mass is 32.1. The molecule has 0 fully saturated rings. The van der Waals surface area contributed by atoms with Crippen molar-refractivity contribution in [2.24, 2.45) is 0 Å². The van der Waals surface area contributed by atoms with Gasteiger partial charge in [-0.1, -0.05) is 11.3 Å². The number of nitriles is 1. The highest BCUT2D eigenvalue weighted by molar-refractivity contribution is 7.15. The van der Waals surface area contributed by atoms with Crippen LogP contribution in [-0.2, 0) is 11.2 Å². The first-order valence-corrected chi connectivity index (χ1v) is 8.37. The first-order chi connectivity index (χ1) is 12.4. The fourth-order valence-corrected chi connectivity index (χ4v) is 3.16. The summed E-state index contributed by atoms with van der Waals surface area (Å²) in [6.07, 6.45) is -0.769. The Labute approximate surface area is 150 Å². The molecule has 3 aromatic rings. The molecule has 0 aromatic carbocycles. The molecule has 1 amide bonds. The lowest BCUT2D eigenvalue weighted by atomic mass is 10.1. The molecule has 0 aliphatic rings. The topological polar surface area (TPSA) is 109 Å². The summed E-state index contributed by atoms with van der Waals surface area (Å²) < 4.78 is 26.6. The van der Waals surface area contributed by atoms with Crippen molar-refractivity contribution < 1.29 is 13.6 Å². The Morgan fingerprint density at radius 3 is 2.85 bits per heavy atom. The highest BCUT2D eigenvalue weighted by Gasteiger charge is 2.17. The van der Waals surface area contributed by atoms with E-state index in [1.807, 2.05) is 13.0 Å². The fourth-order valence-electron chi connectivity index (χ4n) is 2.55. The lowest BCUT2D eigenvalue weighted by molar-refractivity contribution is -0.116. The van der Waals surface area contributed by atoms with Gasteiger partial charge in [-0.05, 0) is 25.8 Å². The lowest BCUT2D eigenvalue weighted by Crippen LogP contribution is -2.14. The zero-order chi connectivity index (χ0) is 18.8. The van der Waals surface area contributed by atoms with E-state index in [1.54, 1.807) is 11.4 Å². The van der Waals surface area contributed by atoms with Crippen LogP contribution in [0.5, 0.6) is 0 Å². The smallest absolute Gasteiger partial charge is 0.291 e. The van der Waals surface area contributed by atoms with Gasteiger partial charge in [0.15, 0.2) is 10.7 Å². The van der Waals surface area contributed by atoms with E-state index in [2.05, 4.69) is 25.6 Å². The molecule has 0 aliphatic carbocycles. The van der Waals surface area contributed by atoms with E-state index in [4.69, 9.17) is 5.26 Å². The molecule has 0 saturated heterocycles. The SMILES string of the molecule is Cc1nc2c(C#N)cnn2c(C)c1CCC(=O)Nc1nnc(C(F)F)s1. The number of aromatic nitrogens is 5. The molecule has 0 unspecified atom stereocenters. The molecule has 3 aromatic heterocycles. The second kappa shape index (κ2) is 7.09. The largest absolute Gasteiger partial charge is 0.301 e. The Morgan fingerprint density at radius 2 is 2.19 bits per heavy atom. The van der Waals surface area contributed by atoms with Crippen molar-refractivity contribution in [3.05, 3.63) is 33.7 Å². The fraction of sp³-hybridized carbons (Fsp3) is 0.333. The third kappa shape index (κ3) is 3.36. The number of carbonyl (C=O) groups excluding carboxylic acids is 1. The van der Waals surface area contributed by atoms with Gasteiger partial charge in [-0.25, -0.2) is 18.3 Å². The molecular weight excluding hydrogens is 364 g/mol. The minimum absolute atomic E-state index is 0.0399. The van der Waals surface area contributed by atoms with Crippen molar-refractivity contribution in [2.75, 3.05) is 5.32 Å². The summed E-state index contributed by atoms with van der Waals surface area (Å²) in [5, 5.41) is 22.1. The number of hydrogen-bond donors (Lipinski definition) is 1. The van der Waals surface area contributed by atoms with Crippen LogP contribution < -0.4 is 5.32 Å². The molecule has 134 valence electrons. The second-order valence-corrected chi connectivity index (χ2v) is 6.47. The second-order valence-electron chi connectivity index (χ2n) is 5.46. The number of nitrogens with one attached hydrogen (secondary N) is 1. The number of anilines is 1. The van der Waals surface area contributed by atoms with E-state index in [0.29, 0.717) is 34.7 Å². The van der Waals surface area contributed by atoms with Gasteiger partial charge in [0.1, 0.15) is 11.6 Å². The summed E-state index contributed by atoms with van der Waals surface area (Å²) in [5.41, 5.74) is 3.19. The molecule has 0 spiro atoms. The van der Waals surface area contributed by atoms with Crippen LogP contribution in [0.2, 0.25) is 0 Å². The maximum absolute atomic E-state index is 12.5. The molecule has 0 radical (unpaired) electrons. The minimum atomic E-state index is -2.71. The zero-order valence-corrected chi connectivity index (χ0v) is 14.6. The van der Waals surface area contributed by atoms with Crippen LogP contribution in [0.15, 0.2) is 6.20 Å². The normalized spacial score (nSPS) is 11.1. The summed E-state index contributed by atoms with van der Waals surface area (Å²) in [4.78, 5) is 16.5. The minimum Gasteiger partial charge on any atom is -0.301 e. The molecule has 26 heavy (non-hydrogen) atoms. The van der Waals surface area contributed by atoms with E-state index in [0.717, 1.165) is 11.3 Å². The highest BCUT2D eigenvalue weighted by Crippen LogP contribution is 2.25. The molecule has 0 atom stereocenters. The predicted molar refractivity (Wildman–Crippen MR) is 89.0 cm³/mol. The molecule has 1 N–H and O–H groups in total. The van der Waals surface area contributed by atoms with E-state index in [9.17, 15) is 13.6 Å². The Kier molecular flexibility index (Phi) is 4.85. The van der Waals surface area contributed by atoms with Gasteiger partial charge in [0.25, 0.3) is 6.43 Å². The number of amides is 1. The van der Waals surface area contributed by atoms with Gasteiger partial charge in [-0.3, -0.25) is 4.79 Å². The predicted octanol–water partition coefficient (Wildman–Crippen LogP) is 2.58. The number of nitrogens with zero attached hydrogens (tertiary/aromatic N) is 6. The first-order valence-electron chi connectivity index (χ1n) is 7.56. The Bertz CT molecular complexity index is 1020. The average Bonchev–Trinajstić information content (AvgIpc) is 3.21. The van der Waals surface area contributed by atoms with Crippen molar-refractivity contribution in [2.45, 2.75) is 33.1 Å². The average molecular weight is 377 g/mol. The number of halogens is 2. The maximum Gasteiger partial charge on any atom is 0.291 e. The van der Waals surface area contributed by atoms with Crippen molar-refractivity contribution in [3.63, 3.8) is 0 Å². The monoisotopic (exact) mass is 377 g/mol. The molecule has 3 heterocycles. The van der Waals surface area contributed by atoms with Gasteiger partial charge in [0.2, 0.25) is 11.0 Å². The number of aryl methyl sites for hydroxylation is 2. The van der Waals surface area contributed by atoms with E-state index >= 15 is 0 Å². The van der Waals surface area contributed by atoms with Crippen LogP contribution in [0.4, 0.5) is 13.9 Å². The van der Waals surface area contributed by atoms with Crippen LogP contribution in [0.1, 0.15) is 40.4 Å². The zero-order valence-electron chi connectivity index (χ0n) is 13.8. The van der Waals surface area contributed by atoms with Crippen LogP contribution in [0, 0.1) is 25.2 Å². The number of carbonyl (C=O) groups is 1. The molecule has 8 nitrogen and oxygen atoms in total. The molecule has 3 rings (SSSR count). The van der Waals surface area contributed by atoms with Crippen LogP contribution >= 0.6 is 11.3 Å². The molecule has 0 saturated carbocycles. The molecular formula is C15H13F2N7OS. The Morgan fingerprint density at radius 1 is 1.42 bits per heavy atom. The number of fused-ring (bicyclic) bond motifs is 1. The summed E-state index contributed by atoms with van der Waals surface area (Å²) in [5.74, 6) is -0.362. The van der Waals surface area contributed by atoms with Crippen LogP contribution in [0.3, 0.4) is 0 Å².